The van der Waals surface area contributed by atoms with Gasteiger partial charge in [-0.15, -0.1) is 6.58 Å². The van der Waals surface area contributed by atoms with Crippen molar-refractivity contribution in [3.8, 4) is 0 Å². The number of fused-ring (bicyclic) bond motifs is 1. The van der Waals surface area contributed by atoms with Gasteiger partial charge in [0, 0.05) is 45.6 Å². The van der Waals surface area contributed by atoms with Crippen molar-refractivity contribution in [2.45, 2.75) is 19.4 Å². The molecule has 2 unspecified atom stereocenters. The van der Waals surface area contributed by atoms with Crippen LogP contribution in [-0.2, 0) is 4.74 Å². The van der Waals surface area contributed by atoms with Crippen molar-refractivity contribution in [1.29, 1.82) is 0 Å². The van der Waals surface area contributed by atoms with E-state index in [0.717, 1.165) is 26.1 Å². The number of rotatable bonds is 4. The highest BCUT2D eigenvalue weighted by Crippen LogP contribution is 2.25. The lowest BCUT2D eigenvalue weighted by atomic mass is 9.93. The van der Waals surface area contributed by atoms with Gasteiger partial charge < -0.3 is 9.64 Å². The van der Waals surface area contributed by atoms with E-state index in [-0.39, 0.29) is 17.8 Å². The second-order valence-electron chi connectivity index (χ2n) is 6.48. The summed E-state index contributed by atoms with van der Waals surface area (Å²) in [5, 5.41) is 6.56. The minimum absolute atomic E-state index is 0.0627. The molecule has 0 spiro atoms. The van der Waals surface area contributed by atoms with Crippen LogP contribution in [0, 0.1) is 5.92 Å². The van der Waals surface area contributed by atoms with E-state index in [1.807, 2.05) is 6.08 Å². The summed E-state index contributed by atoms with van der Waals surface area (Å²) in [6.07, 6.45) is 2.90. The summed E-state index contributed by atoms with van der Waals surface area (Å²) < 4.78 is 5.99. The van der Waals surface area contributed by atoms with Crippen molar-refractivity contribution in [3.63, 3.8) is 0 Å². The molecule has 0 aromatic carbocycles. The summed E-state index contributed by atoms with van der Waals surface area (Å²) in [4.78, 5) is 28.1. The first kappa shape index (κ1) is 16.9. The zero-order chi connectivity index (χ0) is 17.1. The maximum Gasteiger partial charge on any atom is 0.271 e. The van der Waals surface area contributed by atoms with Crippen LogP contribution in [0.15, 0.2) is 18.7 Å². The molecule has 24 heavy (non-hydrogen) atoms. The molecule has 2 fully saturated rings. The number of carbonyl (C=O) groups is 2. The number of aromatic nitrogens is 2. The van der Waals surface area contributed by atoms with E-state index in [0.29, 0.717) is 37.0 Å². The van der Waals surface area contributed by atoms with Gasteiger partial charge in [0.2, 0.25) is 0 Å². The number of nitrogens with zero attached hydrogens (tertiary/aromatic N) is 3. The van der Waals surface area contributed by atoms with Crippen molar-refractivity contribution >= 4 is 11.7 Å². The number of carbonyl (C=O) groups excluding carboxylic acids is 2. The van der Waals surface area contributed by atoms with Crippen LogP contribution in [0.5, 0.6) is 0 Å². The van der Waals surface area contributed by atoms with E-state index >= 15 is 0 Å². The topological polar surface area (TPSA) is 78.5 Å². The van der Waals surface area contributed by atoms with E-state index in [1.54, 1.807) is 4.90 Å². The van der Waals surface area contributed by atoms with Gasteiger partial charge in [0.25, 0.3) is 5.91 Å². The number of amides is 1. The van der Waals surface area contributed by atoms with Crippen LogP contribution >= 0.6 is 0 Å². The van der Waals surface area contributed by atoms with Gasteiger partial charge in [-0.2, -0.15) is 5.10 Å². The SMILES string of the molecule is C=CCN1CCOC2CN(C(=O)c3cc(C(C)=O)n[nH]3)CCC2C1. The lowest BCUT2D eigenvalue weighted by Gasteiger charge is -2.37. The first-order valence-corrected chi connectivity index (χ1v) is 8.39. The molecule has 1 amide bonds. The Morgan fingerprint density at radius 2 is 2.29 bits per heavy atom. The maximum absolute atomic E-state index is 12.6. The smallest absolute Gasteiger partial charge is 0.271 e. The second-order valence-corrected chi connectivity index (χ2v) is 6.48. The zero-order valence-corrected chi connectivity index (χ0v) is 14.0. The van der Waals surface area contributed by atoms with Crippen molar-refractivity contribution in [2.75, 3.05) is 39.3 Å². The van der Waals surface area contributed by atoms with Crippen molar-refractivity contribution in [2.24, 2.45) is 5.92 Å². The Kier molecular flexibility index (Phi) is 5.11. The Labute approximate surface area is 141 Å². The lowest BCUT2D eigenvalue weighted by Crippen LogP contribution is -2.49. The quantitative estimate of drug-likeness (QED) is 0.656. The molecule has 2 atom stereocenters. The standard InChI is InChI=1S/C17H24N4O3/c1-3-5-20-7-8-24-16-11-21(6-4-13(16)10-20)17(23)15-9-14(12(2)22)18-19-15/h3,9,13,16H,1,4-8,10-11H2,2H3,(H,18,19). The lowest BCUT2D eigenvalue weighted by molar-refractivity contribution is -0.0172. The average Bonchev–Trinajstić information content (AvgIpc) is 2.97. The molecule has 130 valence electrons. The van der Waals surface area contributed by atoms with Crippen LogP contribution in [0.3, 0.4) is 0 Å². The minimum atomic E-state index is -0.154. The van der Waals surface area contributed by atoms with Gasteiger partial charge in [0.1, 0.15) is 11.4 Å². The van der Waals surface area contributed by atoms with Crippen molar-refractivity contribution < 1.29 is 14.3 Å². The zero-order valence-electron chi connectivity index (χ0n) is 14.0. The van der Waals surface area contributed by atoms with Crippen LogP contribution < -0.4 is 0 Å². The molecule has 0 bridgehead atoms. The first-order valence-electron chi connectivity index (χ1n) is 8.39. The van der Waals surface area contributed by atoms with Crippen molar-refractivity contribution in [1.82, 2.24) is 20.0 Å². The van der Waals surface area contributed by atoms with Crippen molar-refractivity contribution in [3.05, 3.63) is 30.1 Å². The minimum Gasteiger partial charge on any atom is -0.375 e. The monoisotopic (exact) mass is 332 g/mol. The highest BCUT2D eigenvalue weighted by Gasteiger charge is 2.35. The first-order chi connectivity index (χ1) is 11.6. The Morgan fingerprint density at radius 1 is 1.46 bits per heavy atom. The number of hydrogen-bond donors (Lipinski definition) is 1. The predicted molar refractivity (Wildman–Crippen MR) is 89.0 cm³/mol. The molecule has 0 radical (unpaired) electrons. The van der Waals surface area contributed by atoms with E-state index < -0.39 is 0 Å². The molecule has 3 rings (SSSR count). The van der Waals surface area contributed by atoms with Gasteiger partial charge in [-0.1, -0.05) is 6.08 Å². The largest absolute Gasteiger partial charge is 0.375 e. The van der Waals surface area contributed by atoms with Crippen LogP contribution in [0.4, 0.5) is 0 Å². The Hall–Kier alpha value is -1.99. The number of ketones is 1. The Balaban J connectivity index is 1.64. The normalized spacial score (nSPS) is 25.0. The molecule has 7 nitrogen and oxygen atoms in total. The summed E-state index contributed by atoms with van der Waals surface area (Å²) >= 11 is 0. The highest BCUT2D eigenvalue weighted by atomic mass is 16.5. The fraction of sp³-hybridized carbons (Fsp3) is 0.588. The molecule has 0 saturated carbocycles. The van der Waals surface area contributed by atoms with Gasteiger partial charge in [-0.25, -0.2) is 0 Å². The molecule has 1 aromatic heterocycles. The summed E-state index contributed by atoms with van der Waals surface area (Å²) in [7, 11) is 0. The van der Waals surface area contributed by atoms with Gasteiger partial charge in [0.05, 0.1) is 12.7 Å². The van der Waals surface area contributed by atoms with E-state index in [2.05, 4.69) is 21.7 Å². The third kappa shape index (κ3) is 3.57. The molecule has 2 aliphatic rings. The summed E-state index contributed by atoms with van der Waals surface area (Å²) in [5.41, 5.74) is 0.652. The summed E-state index contributed by atoms with van der Waals surface area (Å²) in [6.45, 7) is 9.95. The molecular weight excluding hydrogens is 308 g/mol. The number of ether oxygens (including phenoxy) is 1. The number of nitrogens with one attached hydrogen (secondary N) is 1. The number of hydrogen-bond acceptors (Lipinski definition) is 5. The number of piperidine rings is 1. The average molecular weight is 332 g/mol. The fourth-order valence-corrected chi connectivity index (χ4v) is 3.43. The van der Waals surface area contributed by atoms with Crippen LogP contribution in [0.2, 0.25) is 0 Å². The van der Waals surface area contributed by atoms with Crippen LogP contribution in [0.1, 0.15) is 34.3 Å². The fourth-order valence-electron chi connectivity index (χ4n) is 3.43. The van der Waals surface area contributed by atoms with Crippen LogP contribution in [0.25, 0.3) is 0 Å². The number of likely N-dealkylation sites (tertiary alicyclic amines) is 1. The van der Waals surface area contributed by atoms with E-state index in [1.165, 1.54) is 13.0 Å². The number of aromatic amines is 1. The van der Waals surface area contributed by atoms with E-state index in [4.69, 9.17) is 4.74 Å². The third-order valence-electron chi connectivity index (χ3n) is 4.77. The molecule has 0 aliphatic carbocycles. The Morgan fingerprint density at radius 3 is 3.00 bits per heavy atom. The summed E-state index contributed by atoms with van der Waals surface area (Å²) in [6, 6.07) is 1.52. The molecule has 2 aliphatic heterocycles. The molecule has 1 N–H and O–H groups in total. The van der Waals surface area contributed by atoms with Crippen LogP contribution in [-0.4, -0.2) is 77.1 Å². The maximum atomic E-state index is 12.6. The van der Waals surface area contributed by atoms with E-state index in [9.17, 15) is 9.59 Å². The number of Topliss-reactive ketones (excluding diaryl/α,β-unsaturated/α-hetero) is 1. The molecule has 7 heteroatoms. The highest BCUT2D eigenvalue weighted by molar-refractivity contribution is 5.97. The van der Waals surface area contributed by atoms with Gasteiger partial charge in [-0.3, -0.25) is 19.6 Å². The van der Waals surface area contributed by atoms with Gasteiger partial charge >= 0.3 is 0 Å². The summed E-state index contributed by atoms with van der Waals surface area (Å²) in [5.74, 6) is 0.161. The third-order valence-corrected chi connectivity index (χ3v) is 4.77. The second kappa shape index (κ2) is 7.27. The predicted octanol–water partition coefficient (Wildman–Crippen LogP) is 0.961. The molecule has 1 aromatic rings. The Bertz CT molecular complexity index is 627. The molecule has 3 heterocycles. The molecule has 2 saturated heterocycles. The van der Waals surface area contributed by atoms with Gasteiger partial charge in [0.15, 0.2) is 5.78 Å². The molecular formula is C17H24N4O3. The van der Waals surface area contributed by atoms with Gasteiger partial charge in [-0.05, 0) is 12.5 Å². The number of H-pyrrole nitrogens is 1.